The lowest BCUT2D eigenvalue weighted by molar-refractivity contribution is 0.752. The van der Waals surface area contributed by atoms with E-state index in [1.807, 2.05) is 0 Å². The molecule has 3 aliphatic rings. The van der Waals surface area contributed by atoms with Gasteiger partial charge >= 0.3 is 0 Å². The molecule has 0 saturated carbocycles. The van der Waals surface area contributed by atoms with E-state index in [9.17, 15) is 0 Å². The zero-order valence-electron chi connectivity index (χ0n) is 25.1. The van der Waals surface area contributed by atoms with Gasteiger partial charge in [-0.15, -0.1) is 0 Å². The van der Waals surface area contributed by atoms with Crippen molar-refractivity contribution in [2.45, 2.75) is 11.8 Å². The smallest absolute Gasteiger partial charge is 0.0462 e. The minimum Gasteiger partial charge on any atom is -0.311 e. The van der Waals surface area contributed by atoms with E-state index < -0.39 is 0 Å². The SMILES string of the molecule is Brc1ccc(-c2ccc(N(c3ccccc3)c3ccc(-c4ccccc4)cc3)cc2)c2c1C1c3ccccc3C2c2ccccc21. The Labute approximate surface area is 278 Å². The Kier molecular flexibility index (Phi) is 6.50. The Morgan fingerprint density at radius 1 is 0.348 bits per heavy atom. The van der Waals surface area contributed by atoms with Crippen molar-refractivity contribution >= 4 is 33.0 Å². The molecule has 2 bridgehead atoms. The summed E-state index contributed by atoms with van der Waals surface area (Å²) < 4.78 is 1.19. The molecule has 0 atom stereocenters. The summed E-state index contributed by atoms with van der Waals surface area (Å²) in [4.78, 5) is 2.34. The second-order valence-corrected chi connectivity index (χ2v) is 13.0. The van der Waals surface area contributed by atoms with Crippen LogP contribution in [-0.2, 0) is 0 Å². The molecule has 0 unspecified atom stereocenters. The minimum absolute atomic E-state index is 0.212. The largest absolute Gasteiger partial charge is 0.311 e. The van der Waals surface area contributed by atoms with Crippen LogP contribution in [0.5, 0.6) is 0 Å². The average molecular weight is 653 g/mol. The van der Waals surface area contributed by atoms with E-state index in [1.54, 1.807) is 0 Å². The van der Waals surface area contributed by atoms with E-state index in [-0.39, 0.29) is 11.8 Å². The molecule has 3 aliphatic carbocycles. The third-order valence-electron chi connectivity index (χ3n) is 9.73. The molecule has 0 aliphatic heterocycles. The number of para-hydroxylation sites is 1. The lowest BCUT2D eigenvalue weighted by Crippen LogP contribution is -2.28. The summed E-state index contributed by atoms with van der Waals surface area (Å²) in [6, 6.07) is 61.8. The second kappa shape index (κ2) is 11.0. The first-order valence-electron chi connectivity index (χ1n) is 15.9. The zero-order valence-corrected chi connectivity index (χ0v) is 26.7. The lowest BCUT2D eigenvalue weighted by Gasteiger charge is -2.43. The topological polar surface area (TPSA) is 3.24 Å². The first-order valence-corrected chi connectivity index (χ1v) is 16.7. The van der Waals surface area contributed by atoms with Gasteiger partial charge in [-0.25, -0.2) is 0 Å². The molecule has 218 valence electrons. The van der Waals surface area contributed by atoms with Crippen LogP contribution < -0.4 is 4.90 Å². The van der Waals surface area contributed by atoms with E-state index in [1.165, 1.54) is 60.1 Å². The molecular formula is C44H30BrN. The number of hydrogen-bond acceptors (Lipinski definition) is 1. The van der Waals surface area contributed by atoms with Crippen LogP contribution in [0, 0.1) is 0 Å². The van der Waals surface area contributed by atoms with Crippen molar-refractivity contribution in [3.05, 3.63) is 208 Å². The van der Waals surface area contributed by atoms with Gasteiger partial charge in [0.05, 0.1) is 0 Å². The number of hydrogen-bond donors (Lipinski definition) is 0. The number of nitrogens with zero attached hydrogens (tertiary/aromatic N) is 1. The predicted molar refractivity (Wildman–Crippen MR) is 194 cm³/mol. The van der Waals surface area contributed by atoms with Crippen molar-refractivity contribution in [3.63, 3.8) is 0 Å². The maximum atomic E-state index is 3.99. The van der Waals surface area contributed by atoms with Crippen LogP contribution in [0.3, 0.4) is 0 Å². The van der Waals surface area contributed by atoms with Gasteiger partial charge in [-0.2, -0.15) is 0 Å². The standard InChI is InChI=1S/C44H30BrN/c45-40-28-27-35(43-41-36-15-7-9-17-38(36)42(44(40)43)39-18-10-8-16-37(39)41)31-21-25-34(26-22-31)46(32-13-5-2-6-14-32)33-23-19-30(20-24-33)29-11-3-1-4-12-29/h1-28,41-42H. The van der Waals surface area contributed by atoms with Crippen LogP contribution in [0.2, 0.25) is 0 Å². The molecule has 7 aromatic rings. The van der Waals surface area contributed by atoms with Gasteiger partial charge in [0.25, 0.3) is 0 Å². The zero-order chi connectivity index (χ0) is 30.6. The summed E-state index contributed by atoms with van der Waals surface area (Å²) in [7, 11) is 0. The maximum Gasteiger partial charge on any atom is 0.0462 e. The maximum absolute atomic E-state index is 3.99. The summed E-state index contributed by atoms with van der Waals surface area (Å²) >= 11 is 3.99. The highest BCUT2D eigenvalue weighted by Crippen LogP contribution is 2.59. The van der Waals surface area contributed by atoms with Crippen LogP contribution in [-0.4, -0.2) is 0 Å². The number of halogens is 1. The van der Waals surface area contributed by atoms with Crippen LogP contribution in [0.1, 0.15) is 45.2 Å². The van der Waals surface area contributed by atoms with Gasteiger partial charge in [0.2, 0.25) is 0 Å². The van der Waals surface area contributed by atoms with Gasteiger partial charge in [0, 0.05) is 33.4 Å². The molecule has 0 fully saturated rings. The van der Waals surface area contributed by atoms with Crippen molar-refractivity contribution < 1.29 is 0 Å². The summed E-state index contributed by atoms with van der Waals surface area (Å²) in [5.74, 6) is 0.442. The van der Waals surface area contributed by atoms with Crippen molar-refractivity contribution in [3.8, 4) is 22.3 Å². The molecule has 46 heavy (non-hydrogen) atoms. The first kappa shape index (κ1) is 27.2. The van der Waals surface area contributed by atoms with Gasteiger partial charge in [-0.05, 0) is 98.1 Å². The summed E-state index contributed by atoms with van der Waals surface area (Å²) in [5.41, 5.74) is 17.0. The Bertz CT molecular complexity index is 2160. The molecule has 0 N–H and O–H groups in total. The van der Waals surface area contributed by atoms with Crippen molar-refractivity contribution in [1.29, 1.82) is 0 Å². The highest BCUT2D eigenvalue weighted by molar-refractivity contribution is 9.10. The van der Waals surface area contributed by atoms with E-state index in [0.29, 0.717) is 0 Å². The van der Waals surface area contributed by atoms with Gasteiger partial charge in [0.15, 0.2) is 0 Å². The van der Waals surface area contributed by atoms with Crippen LogP contribution in [0.25, 0.3) is 22.3 Å². The molecule has 10 rings (SSSR count). The molecule has 2 heteroatoms. The normalized spacial score (nSPS) is 15.5. The van der Waals surface area contributed by atoms with Crippen molar-refractivity contribution in [2.24, 2.45) is 0 Å². The highest BCUT2D eigenvalue weighted by Gasteiger charge is 2.43. The van der Waals surface area contributed by atoms with Gasteiger partial charge in [-0.1, -0.05) is 143 Å². The molecule has 0 spiro atoms. The molecule has 1 nitrogen and oxygen atoms in total. The summed E-state index contributed by atoms with van der Waals surface area (Å²) in [6.07, 6.45) is 0. The molecule has 0 amide bonds. The fourth-order valence-electron chi connectivity index (χ4n) is 7.74. The third-order valence-corrected chi connectivity index (χ3v) is 10.4. The Hall–Kier alpha value is -5.18. The van der Waals surface area contributed by atoms with Gasteiger partial charge < -0.3 is 4.90 Å². The second-order valence-electron chi connectivity index (χ2n) is 12.2. The fourth-order valence-corrected chi connectivity index (χ4v) is 8.32. The van der Waals surface area contributed by atoms with Crippen LogP contribution in [0.4, 0.5) is 17.1 Å². The Balaban J connectivity index is 1.14. The summed E-state index contributed by atoms with van der Waals surface area (Å²) in [6.45, 7) is 0. The molecule has 0 saturated heterocycles. The molecule has 7 aromatic carbocycles. The number of rotatable bonds is 5. The number of anilines is 3. The fraction of sp³-hybridized carbons (Fsp3) is 0.0455. The summed E-state index contributed by atoms with van der Waals surface area (Å²) in [5, 5.41) is 0. The Morgan fingerprint density at radius 2 is 0.761 bits per heavy atom. The average Bonchev–Trinajstić information content (AvgIpc) is 3.13. The highest BCUT2D eigenvalue weighted by atomic mass is 79.9. The predicted octanol–water partition coefficient (Wildman–Crippen LogP) is 12.2. The van der Waals surface area contributed by atoms with Crippen LogP contribution >= 0.6 is 15.9 Å². The monoisotopic (exact) mass is 651 g/mol. The lowest BCUT2D eigenvalue weighted by atomic mass is 9.60. The molecule has 0 aromatic heterocycles. The van der Waals surface area contributed by atoms with E-state index >= 15 is 0 Å². The molecule has 0 heterocycles. The molecular weight excluding hydrogens is 622 g/mol. The van der Waals surface area contributed by atoms with Crippen LogP contribution in [0.15, 0.2) is 174 Å². The van der Waals surface area contributed by atoms with Crippen molar-refractivity contribution in [1.82, 2.24) is 0 Å². The van der Waals surface area contributed by atoms with E-state index in [0.717, 1.165) is 17.1 Å². The minimum atomic E-state index is 0.212. The first-order chi connectivity index (χ1) is 22.8. The van der Waals surface area contributed by atoms with Gasteiger partial charge in [-0.3, -0.25) is 0 Å². The Morgan fingerprint density at radius 3 is 1.30 bits per heavy atom. The third kappa shape index (κ3) is 4.29. The molecule has 0 radical (unpaired) electrons. The van der Waals surface area contributed by atoms with E-state index in [4.69, 9.17) is 0 Å². The van der Waals surface area contributed by atoms with Crippen molar-refractivity contribution in [2.75, 3.05) is 4.90 Å². The quantitative estimate of drug-likeness (QED) is 0.179. The van der Waals surface area contributed by atoms with E-state index in [2.05, 4.69) is 191 Å². The number of benzene rings is 7. The van der Waals surface area contributed by atoms with Gasteiger partial charge in [0.1, 0.15) is 0 Å².